The van der Waals surface area contributed by atoms with Crippen LogP contribution in [0.5, 0.6) is 0 Å². The van der Waals surface area contributed by atoms with E-state index in [0.717, 1.165) is 41.8 Å². The number of fused-ring (bicyclic) bond motifs is 5. The smallest absolute Gasteiger partial charge is 0.254 e. The molecule has 4 heterocycles. The van der Waals surface area contributed by atoms with E-state index >= 15 is 0 Å². The van der Waals surface area contributed by atoms with E-state index in [9.17, 15) is 4.79 Å². The molecule has 0 radical (unpaired) electrons. The molecule has 2 aromatic rings. The third-order valence-corrected chi connectivity index (χ3v) is 7.78. The summed E-state index contributed by atoms with van der Waals surface area (Å²) in [6.07, 6.45) is 5.22. The van der Waals surface area contributed by atoms with Gasteiger partial charge in [0.1, 0.15) is 0 Å². The van der Waals surface area contributed by atoms with Gasteiger partial charge in [0.05, 0.1) is 11.1 Å². The highest BCUT2D eigenvalue weighted by Crippen LogP contribution is 2.41. The summed E-state index contributed by atoms with van der Waals surface area (Å²) in [5.74, 6) is 1.37. The van der Waals surface area contributed by atoms with Crippen LogP contribution in [0.1, 0.15) is 47.3 Å². The van der Waals surface area contributed by atoms with Gasteiger partial charge in [-0.2, -0.15) is 0 Å². The molecule has 0 N–H and O–H groups in total. The lowest BCUT2D eigenvalue weighted by atomic mass is 9.72. The second-order valence-electron chi connectivity index (χ2n) is 10.4. The zero-order valence-electron chi connectivity index (χ0n) is 19.5. The minimum Gasteiger partial charge on any atom is -0.338 e. The molecule has 4 atom stereocenters. The summed E-state index contributed by atoms with van der Waals surface area (Å²) in [5.41, 5.74) is 3.85. The Hall–Kier alpha value is -1.98. The number of aromatic nitrogens is 1. The van der Waals surface area contributed by atoms with E-state index < -0.39 is 0 Å². The number of likely N-dealkylation sites (N-methyl/N-ethyl adjacent to an activating group) is 1. The normalized spacial score (nSPS) is 28.7. The summed E-state index contributed by atoms with van der Waals surface area (Å²) in [7, 11) is 4.37. The highest BCUT2D eigenvalue weighted by atomic mass is 16.2. The predicted molar refractivity (Wildman–Crippen MR) is 125 cm³/mol. The largest absolute Gasteiger partial charge is 0.338 e. The summed E-state index contributed by atoms with van der Waals surface area (Å²) in [6.45, 7) is 8.19. The minimum absolute atomic E-state index is 0.198. The molecule has 0 saturated carbocycles. The van der Waals surface area contributed by atoms with Crippen LogP contribution in [0.25, 0.3) is 10.9 Å². The van der Waals surface area contributed by atoms with Crippen molar-refractivity contribution in [1.82, 2.24) is 19.7 Å². The number of hydrogen-bond donors (Lipinski definition) is 0. The molecule has 3 saturated heterocycles. The van der Waals surface area contributed by atoms with Crippen molar-refractivity contribution in [2.24, 2.45) is 11.8 Å². The molecule has 5 rings (SSSR count). The van der Waals surface area contributed by atoms with Crippen molar-refractivity contribution in [2.45, 2.75) is 51.6 Å². The number of piperidine rings is 3. The SMILES string of the molecule is Cc1ccc2nc(C)cc(C(=O)N3C[C@H]4C[C@@H](C3)[C@H](CN(C)C)N3CCCC[C@@H]43)c2c1. The third kappa shape index (κ3) is 3.87. The molecule has 3 aliphatic rings. The van der Waals surface area contributed by atoms with Crippen LogP contribution in [-0.2, 0) is 0 Å². The van der Waals surface area contributed by atoms with Crippen LogP contribution in [0.2, 0.25) is 0 Å². The number of rotatable bonds is 3. The van der Waals surface area contributed by atoms with Crippen LogP contribution in [0.15, 0.2) is 24.3 Å². The van der Waals surface area contributed by atoms with E-state index in [2.05, 4.69) is 52.8 Å². The average Bonchev–Trinajstić information content (AvgIpc) is 2.75. The summed E-state index contributed by atoms with van der Waals surface area (Å²) < 4.78 is 0. The molecule has 166 valence electrons. The molecule has 1 aromatic carbocycles. The summed E-state index contributed by atoms with van der Waals surface area (Å²) in [4.78, 5) is 25.9. The maximum atomic E-state index is 13.9. The number of amides is 1. The van der Waals surface area contributed by atoms with Crippen LogP contribution in [0, 0.1) is 25.7 Å². The van der Waals surface area contributed by atoms with Crippen LogP contribution >= 0.6 is 0 Å². The maximum absolute atomic E-state index is 13.9. The number of pyridine rings is 1. The van der Waals surface area contributed by atoms with Crippen molar-refractivity contribution in [3.8, 4) is 0 Å². The number of carbonyl (C=O) groups excluding carboxylic acids is 1. The fourth-order valence-electron chi connectivity index (χ4n) is 6.52. The molecule has 5 heteroatoms. The Morgan fingerprint density at radius 1 is 1.13 bits per heavy atom. The van der Waals surface area contributed by atoms with Crippen molar-refractivity contribution in [2.75, 3.05) is 40.3 Å². The molecule has 5 nitrogen and oxygen atoms in total. The van der Waals surface area contributed by atoms with Crippen molar-refractivity contribution in [3.63, 3.8) is 0 Å². The van der Waals surface area contributed by atoms with Crippen LogP contribution < -0.4 is 0 Å². The monoisotopic (exact) mass is 420 g/mol. The van der Waals surface area contributed by atoms with Gasteiger partial charge in [0.15, 0.2) is 0 Å². The van der Waals surface area contributed by atoms with E-state index in [-0.39, 0.29) is 5.91 Å². The van der Waals surface area contributed by atoms with Crippen molar-refractivity contribution in [1.29, 1.82) is 0 Å². The Balaban J connectivity index is 1.48. The highest BCUT2D eigenvalue weighted by Gasteiger charge is 2.48. The molecule has 1 amide bonds. The van der Waals surface area contributed by atoms with Gasteiger partial charge in [-0.25, -0.2) is 0 Å². The summed E-state index contributed by atoms with van der Waals surface area (Å²) in [6, 6.07) is 9.45. The van der Waals surface area contributed by atoms with Gasteiger partial charge in [0.2, 0.25) is 0 Å². The van der Waals surface area contributed by atoms with Gasteiger partial charge in [-0.15, -0.1) is 0 Å². The van der Waals surface area contributed by atoms with Gasteiger partial charge in [-0.3, -0.25) is 14.7 Å². The Morgan fingerprint density at radius 2 is 1.94 bits per heavy atom. The van der Waals surface area contributed by atoms with Gasteiger partial charge in [-0.05, 0) is 83.8 Å². The van der Waals surface area contributed by atoms with Gasteiger partial charge in [-0.1, -0.05) is 18.1 Å². The van der Waals surface area contributed by atoms with Gasteiger partial charge in [0, 0.05) is 42.8 Å². The first-order valence-corrected chi connectivity index (χ1v) is 12.0. The quantitative estimate of drug-likeness (QED) is 0.759. The molecule has 2 bridgehead atoms. The number of aryl methyl sites for hydroxylation is 2. The number of carbonyl (C=O) groups is 1. The van der Waals surface area contributed by atoms with E-state index in [1.54, 1.807) is 0 Å². The molecule has 0 aliphatic carbocycles. The Bertz CT molecular complexity index is 987. The topological polar surface area (TPSA) is 39.7 Å². The minimum atomic E-state index is 0.198. The van der Waals surface area contributed by atoms with Crippen molar-refractivity contribution < 1.29 is 4.79 Å². The first-order valence-electron chi connectivity index (χ1n) is 12.0. The second-order valence-corrected chi connectivity index (χ2v) is 10.4. The number of hydrogen-bond acceptors (Lipinski definition) is 4. The van der Waals surface area contributed by atoms with E-state index in [1.165, 1.54) is 37.8 Å². The fraction of sp³-hybridized carbons (Fsp3) is 0.615. The molecule has 3 fully saturated rings. The summed E-state index contributed by atoms with van der Waals surface area (Å²) in [5, 5.41) is 0.996. The van der Waals surface area contributed by atoms with Gasteiger partial charge < -0.3 is 9.80 Å². The average molecular weight is 421 g/mol. The van der Waals surface area contributed by atoms with Crippen LogP contribution in [0.4, 0.5) is 0 Å². The highest BCUT2D eigenvalue weighted by molar-refractivity contribution is 6.06. The lowest BCUT2D eigenvalue weighted by Gasteiger charge is -2.57. The van der Waals surface area contributed by atoms with Crippen molar-refractivity contribution >= 4 is 16.8 Å². The number of likely N-dealkylation sites (tertiary alicyclic amines) is 1. The van der Waals surface area contributed by atoms with Gasteiger partial charge >= 0.3 is 0 Å². The molecule has 3 aliphatic heterocycles. The predicted octanol–water partition coefficient (Wildman–Crippen LogP) is 3.73. The Kier molecular flexibility index (Phi) is 5.51. The van der Waals surface area contributed by atoms with Crippen LogP contribution in [0.3, 0.4) is 0 Å². The molecule has 31 heavy (non-hydrogen) atoms. The number of benzene rings is 1. The molecular weight excluding hydrogens is 384 g/mol. The van der Waals surface area contributed by atoms with E-state index in [1.807, 2.05) is 19.1 Å². The Morgan fingerprint density at radius 3 is 2.74 bits per heavy atom. The zero-order chi connectivity index (χ0) is 21.7. The third-order valence-electron chi connectivity index (χ3n) is 7.78. The molecular formula is C26H36N4O. The van der Waals surface area contributed by atoms with Crippen LogP contribution in [-0.4, -0.2) is 77.9 Å². The zero-order valence-corrected chi connectivity index (χ0v) is 19.5. The first-order chi connectivity index (χ1) is 14.9. The van der Waals surface area contributed by atoms with Gasteiger partial charge in [0.25, 0.3) is 5.91 Å². The van der Waals surface area contributed by atoms with E-state index in [0.29, 0.717) is 23.9 Å². The Labute approximate surface area is 186 Å². The second kappa shape index (κ2) is 8.18. The first kappa shape index (κ1) is 20.9. The molecule has 1 aromatic heterocycles. The molecule has 0 unspecified atom stereocenters. The summed E-state index contributed by atoms with van der Waals surface area (Å²) >= 11 is 0. The van der Waals surface area contributed by atoms with Crippen molar-refractivity contribution in [3.05, 3.63) is 41.1 Å². The maximum Gasteiger partial charge on any atom is 0.254 e. The molecule has 0 spiro atoms. The number of nitrogens with zero attached hydrogens (tertiary/aromatic N) is 4. The fourth-order valence-corrected chi connectivity index (χ4v) is 6.52. The lowest BCUT2D eigenvalue weighted by molar-refractivity contribution is -0.0702. The standard InChI is InChI=1S/C26H36N4O/c1-17-8-9-23-21(11-17)22(12-18(2)27-23)26(31)29-14-19-13-20(15-29)25(16-28(3)4)30-10-6-5-7-24(19)30/h8-9,11-12,19-20,24-25H,5-7,10,13-16H2,1-4H3/t19-,20+,24+,25+/m1/s1. The lowest BCUT2D eigenvalue weighted by Crippen LogP contribution is -2.65. The van der Waals surface area contributed by atoms with E-state index in [4.69, 9.17) is 0 Å².